The van der Waals surface area contributed by atoms with Crippen molar-refractivity contribution < 1.29 is 9.18 Å². The molecule has 2 heterocycles. The number of aromatic amines is 1. The van der Waals surface area contributed by atoms with E-state index in [2.05, 4.69) is 32.3 Å². The number of carbonyl (C=O) groups excluding carboxylic acids is 1. The van der Waals surface area contributed by atoms with E-state index in [1.54, 1.807) is 12.1 Å². The Morgan fingerprint density at radius 2 is 2.14 bits per heavy atom. The maximum absolute atomic E-state index is 14.4. The van der Waals surface area contributed by atoms with Crippen molar-refractivity contribution in [2.45, 2.75) is 19.4 Å². The molecule has 1 amide bonds. The molecule has 0 unspecified atom stereocenters. The molecule has 0 bridgehead atoms. The van der Waals surface area contributed by atoms with Crippen LogP contribution < -0.4 is 10.9 Å². The lowest BCUT2D eigenvalue weighted by Gasteiger charge is -2.35. The number of hydrogen-bond acceptors (Lipinski definition) is 3. The van der Waals surface area contributed by atoms with Crippen molar-refractivity contribution in [1.82, 2.24) is 9.88 Å². The zero-order valence-corrected chi connectivity index (χ0v) is 16.8. The molecule has 1 atom stereocenters. The Bertz CT molecular complexity index is 1130. The van der Waals surface area contributed by atoms with E-state index in [0.717, 1.165) is 16.5 Å². The minimum Gasteiger partial charge on any atom is -0.374 e. The minimum atomic E-state index is -0.557. The highest BCUT2D eigenvalue weighted by Crippen LogP contribution is 2.31. The van der Waals surface area contributed by atoms with Gasteiger partial charge in [0.05, 0.1) is 23.7 Å². The second-order valence-corrected chi connectivity index (χ2v) is 7.85. The first-order valence-corrected chi connectivity index (χ1v) is 9.86. The quantitative estimate of drug-likeness (QED) is 0.642. The lowest BCUT2D eigenvalue weighted by molar-refractivity contribution is -0.131. The number of pyridine rings is 1. The normalized spacial score (nSPS) is 16.1. The molecule has 0 saturated heterocycles. The summed E-state index contributed by atoms with van der Waals surface area (Å²) in [5.41, 5.74) is 2.25. The van der Waals surface area contributed by atoms with Gasteiger partial charge in [0.25, 0.3) is 5.56 Å². The van der Waals surface area contributed by atoms with Crippen LogP contribution in [-0.2, 0) is 11.2 Å². The zero-order chi connectivity index (χ0) is 19.8. The van der Waals surface area contributed by atoms with Gasteiger partial charge in [0.15, 0.2) is 0 Å². The van der Waals surface area contributed by atoms with Crippen molar-refractivity contribution in [3.63, 3.8) is 0 Å². The Hall–Kier alpha value is -2.67. The van der Waals surface area contributed by atoms with Gasteiger partial charge in [-0.25, -0.2) is 4.39 Å². The minimum absolute atomic E-state index is 0.0121. The molecule has 144 valence electrons. The van der Waals surface area contributed by atoms with Crippen LogP contribution in [0.15, 0.2) is 51.9 Å². The van der Waals surface area contributed by atoms with Gasteiger partial charge < -0.3 is 15.2 Å². The molecular formula is C21H19BrFN3O2. The second-order valence-electron chi connectivity index (χ2n) is 6.94. The second kappa shape index (κ2) is 7.39. The molecule has 2 aromatic carbocycles. The van der Waals surface area contributed by atoms with Crippen molar-refractivity contribution in [1.29, 1.82) is 0 Å². The van der Waals surface area contributed by atoms with Crippen LogP contribution in [0.25, 0.3) is 10.8 Å². The number of nitrogens with one attached hydrogen (secondary N) is 2. The summed E-state index contributed by atoms with van der Waals surface area (Å²) in [6, 6.07) is 10.5. The fourth-order valence-electron chi connectivity index (χ4n) is 3.76. The third-order valence-corrected chi connectivity index (χ3v) is 5.75. The Morgan fingerprint density at radius 1 is 1.32 bits per heavy atom. The summed E-state index contributed by atoms with van der Waals surface area (Å²) in [7, 11) is 0. The molecule has 2 N–H and O–H groups in total. The summed E-state index contributed by atoms with van der Waals surface area (Å²) in [6.45, 7) is 2.62. The Kier molecular flexibility index (Phi) is 4.93. The third kappa shape index (κ3) is 3.42. The van der Waals surface area contributed by atoms with Crippen LogP contribution in [0.2, 0.25) is 0 Å². The summed E-state index contributed by atoms with van der Waals surface area (Å²) in [4.78, 5) is 28.9. The lowest BCUT2D eigenvalue weighted by atomic mass is 9.93. The number of fused-ring (bicyclic) bond motifs is 2. The average molecular weight is 444 g/mol. The maximum Gasteiger partial charge on any atom is 0.255 e. The van der Waals surface area contributed by atoms with Gasteiger partial charge in [0.1, 0.15) is 5.82 Å². The fraction of sp³-hybridized carbons (Fsp3) is 0.238. The number of aromatic nitrogens is 1. The first-order valence-electron chi connectivity index (χ1n) is 9.06. The van der Waals surface area contributed by atoms with Gasteiger partial charge in [-0.15, -0.1) is 0 Å². The molecule has 0 fully saturated rings. The molecule has 28 heavy (non-hydrogen) atoms. The van der Waals surface area contributed by atoms with Crippen molar-refractivity contribution in [3.8, 4) is 0 Å². The van der Waals surface area contributed by atoms with Crippen LogP contribution in [0.1, 0.15) is 24.1 Å². The highest BCUT2D eigenvalue weighted by Gasteiger charge is 2.27. The molecule has 1 aliphatic rings. The summed E-state index contributed by atoms with van der Waals surface area (Å²) >= 11 is 3.49. The number of rotatable bonds is 3. The number of hydrogen-bond donors (Lipinski definition) is 2. The molecule has 0 aliphatic carbocycles. The maximum atomic E-state index is 14.4. The van der Waals surface area contributed by atoms with E-state index in [-0.39, 0.29) is 35.1 Å². The predicted octanol–water partition coefficient (Wildman–Crippen LogP) is 3.99. The van der Waals surface area contributed by atoms with E-state index in [1.807, 2.05) is 24.0 Å². The summed E-state index contributed by atoms with van der Waals surface area (Å²) < 4.78 is 15.4. The number of anilines is 1. The Labute approximate surface area is 169 Å². The van der Waals surface area contributed by atoms with Gasteiger partial charge in [-0.3, -0.25) is 9.59 Å². The van der Waals surface area contributed by atoms with Crippen molar-refractivity contribution in [2.75, 3.05) is 18.4 Å². The lowest BCUT2D eigenvalue weighted by Crippen LogP contribution is -2.41. The molecule has 3 aromatic rings. The van der Waals surface area contributed by atoms with Gasteiger partial charge in [0.2, 0.25) is 5.91 Å². The first kappa shape index (κ1) is 18.7. The van der Waals surface area contributed by atoms with Gasteiger partial charge in [-0.05, 0) is 60.2 Å². The summed E-state index contributed by atoms with van der Waals surface area (Å²) in [5.74, 6) is -0.648. The number of H-pyrrole nitrogens is 1. The van der Waals surface area contributed by atoms with Crippen LogP contribution in [-0.4, -0.2) is 28.9 Å². The van der Waals surface area contributed by atoms with E-state index in [4.69, 9.17) is 0 Å². The number of nitrogens with zero attached hydrogens (tertiary/aromatic N) is 1. The molecule has 1 aliphatic heterocycles. The molecule has 0 radical (unpaired) electrons. The molecule has 0 saturated carbocycles. The molecule has 7 heteroatoms. The molecule has 1 aromatic heterocycles. The SMILES string of the molecule is C[C@H]1c2ccc(Br)cc2CCN1C(=O)CNc1cc2cc[nH]c(=O)c2cc1F. The van der Waals surface area contributed by atoms with Crippen LogP contribution in [0.3, 0.4) is 0 Å². The van der Waals surface area contributed by atoms with E-state index in [1.165, 1.54) is 17.8 Å². The van der Waals surface area contributed by atoms with Gasteiger partial charge in [0, 0.05) is 17.2 Å². The van der Waals surface area contributed by atoms with Gasteiger partial charge in [-0.2, -0.15) is 0 Å². The van der Waals surface area contributed by atoms with Crippen molar-refractivity contribution in [3.05, 3.63) is 74.4 Å². The highest BCUT2D eigenvalue weighted by atomic mass is 79.9. The average Bonchev–Trinajstić information content (AvgIpc) is 2.67. The van der Waals surface area contributed by atoms with E-state index in [0.29, 0.717) is 11.9 Å². The summed E-state index contributed by atoms with van der Waals surface area (Å²) in [6.07, 6.45) is 2.31. The first-order chi connectivity index (χ1) is 13.4. The van der Waals surface area contributed by atoms with E-state index in [9.17, 15) is 14.0 Å². The van der Waals surface area contributed by atoms with Crippen LogP contribution in [0.4, 0.5) is 10.1 Å². The standard InChI is InChI=1S/C21H19BrFN3O2/c1-12-16-3-2-15(22)8-14(16)5-7-26(12)20(27)11-25-19-9-13-4-6-24-21(28)17(13)10-18(19)23/h2-4,6,8-10,12,25H,5,7,11H2,1H3,(H,24,28)/t12-/m0/s1. The van der Waals surface area contributed by atoms with E-state index < -0.39 is 5.82 Å². The molecular weight excluding hydrogens is 425 g/mol. The molecule has 5 nitrogen and oxygen atoms in total. The molecule has 4 rings (SSSR count). The van der Waals surface area contributed by atoms with Gasteiger partial charge in [-0.1, -0.05) is 22.0 Å². The Balaban J connectivity index is 1.50. The largest absolute Gasteiger partial charge is 0.374 e. The number of carbonyl (C=O) groups is 1. The van der Waals surface area contributed by atoms with Crippen LogP contribution in [0.5, 0.6) is 0 Å². The number of halogens is 2. The van der Waals surface area contributed by atoms with Crippen LogP contribution in [0, 0.1) is 5.82 Å². The third-order valence-electron chi connectivity index (χ3n) is 5.26. The van der Waals surface area contributed by atoms with Gasteiger partial charge >= 0.3 is 0 Å². The fourth-order valence-corrected chi connectivity index (χ4v) is 4.17. The van der Waals surface area contributed by atoms with E-state index >= 15 is 0 Å². The summed E-state index contributed by atoms with van der Waals surface area (Å²) in [5, 5.41) is 3.79. The zero-order valence-electron chi connectivity index (χ0n) is 15.3. The predicted molar refractivity (Wildman–Crippen MR) is 111 cm³/mol. The number of amides is 1. The van der Waals surface area contributed by atoms with Crippen LogP contribution >= 0.6 is 15.9 Å². The monoisotopic (exact) mass is 443 g/mol. The van der Waals surface area contributed by atoms with Crippen molar-refractivity contribution in [2.24, 2.45) is 0 Å². The highest BCUT2D eigenvalue weighted by molar-refractivity contribution is 9.10. The van der Waals surface area contributed by atoms with Crippen molar-refractivity contribution >= 4 is 38.3 Å². The Morgan fingerprint density at radius 3 is 2.96 bits per heavy atom. The molecule has 0 spiro atoms. The topological polar surface area (TPSA) is 65.2 Å². The smallest absolute Gasteiger partial charge is 0.255 e. The number of benzene rings is 2.